The largest absolute Gasteiger partial charge is 0.345 e. The van der Waals surface area contributed by atoms with Crippen molar-refractivity contribution >= 4 is 21.8 Å². The second kappa shape index (κ2) is 6.34. The van der Waals surface area contributed by atoms with Gasteiger partial charge in [-0.05, 0) is 69.4 Å². The van der Waals surface area contributed by atoms with Gasteiger partial charge >= 0.3 is 0 Å². The molecule has 4 fully saturated rings. The van der Waals surface area contributed by atoms with E-state index in [1.165, 1.54) is 43.1 Å². The number of amides is 2. The van der Waals surface area contributed by atoms with Crippen LogP contribution in [-0.4, -0.2) is 31.8 Å². The van der Waals surface area contributed by atoms with Crippen molar-refractivity contribution in [2.24, 2.45) is 30.2 Å². The Bertz CT molecular complexity index is 854. The van der Waals surface area contributed by atoms with Crippen molar-refractivity contribution in [3.05, 3.63) is 18.0 Å². The van der Waals surface area contributed by atoms with Gasteiger partial charge in [0.2, 0.25) is 15.9 Å². The molecule has 8 nitrogen and oxygen atoms in total. The van der Waals surface area contributed by atoms with Crippen LogP contribution in [0.25, 0.3) is 0 Å². The van der Waals surface area contributed by atoms with E-state index in [0.717, 1.165) is 19.3 Å². The van der Waals surface area contributed by atoms with Gasteiger partial charge in [0, 0.05) is 13.2 Å². The Morgan fingerprint density at radius 1 is 1.07 bits per heavy atom. The van der Waals surface area contributed by atoms with Crippen LogP contribution in [0.4, 0.5) is 0 Å². The number of hydrogen-bond acceptors (Lipinski definition) is 4. The zero-order chi connectivity index (χ0) is 19.4. The maximum Gasteiger partial charge on any atom is 0.286 e. The number of carbonyl (C=O) groups excluding carboxylic acids is 2. The van der Waals surface area contributed by atoms with E-state index in [0.29, 0.717) is 17.8 Å². The van der Waals surface area contributed by atoms with E-state index in [-0.39, 0.29) is 21.9 Å². The summed E-state index contributed by atoms with van der Waals surface area (Å²) in [6, 6.07) is 1.29. The lowest BCUT2D eigenvalue weighted by atomic mass is 9.49. The molecule has 5 rings (SSSR count). The van der Waals surface area contributed by atoms with Gasteiger partial charge in [0.25, 0.3) is 5.91 Å². The van der Waals surface area contributed by atoms with E-state index < -0.39 is 15.9 Å². The first-order chi connectivity index (χ1) is 12.7. The predicted molar refractivity (Wildman–Crippen MR) is 97.9 cm³/mol. The molecule has 0 spiro atoms. The van der Waals surface area contributed by atoms with Crippen molar-refractivity contribution in [2.45, 2.75) is 43.4 Å². The molecule has 3 N–H and O–H groups in total. The second-order valence-corrected chi connectivity index (χ2v) is 10.4. The number of sulfonamides is 1. The summed E-state index contributed by atoms with van der Waals surface area (Å²) in [7, 11) is -0.732. The minimum absolute atomic E-state index is 0.00469. The SMILES string of the molecule is CNS(=O)(=O)c1cc(C(=O)NNC(=O)C23CC4CC(CC(C4)C2)C3)n(C)c1. The Morgan fingerprint density at radius 3 is 2.15 bits per heavy atom. The van der Waals surface area contributed by atoms with Gasteiger partial charge in [-0.2, -0.15) is 0 Å². The molecule has 4 bridgehead atoms. The third kappa shape index (κ3) is 3.16. The molecule has 27 heavy (non-hydrogen) atoms. The normalized spacial score (nSPS) is 31.7. The molecular formula is C18H26N4O4S. The van der Waals surface area contributed by atoms with E-state index in [1.807, 2.05) is 0 Å². The summed E-state index contributed by atoms with van der Waals surface area (Å²) >= 11 is 0. The van der Waals surface area contributed by atoms with Crippen LogP contribution in [0.15, 0.2) is 17.2 Å². The predicted octanol–water partition coefficient (Wildman–Crippen LogP) is 0.911. The highest BCUT2D eigenvalue weighted by molar-refractivity contribution is 7.89. The van der Waals surface area contributed by atoms with Crippen LogP contribution in [0.2, 0.25) is 0 Å². The Labute approximate surface area is 159 Å². The first-order valence-corrected chi connectivity index (χ1v) is 10.9. The van der Waals surface area contributed by atoms with Crippen LogP contribution in [0, 0.1) is 23.2 Å². The minimum atomic E-state index is -3.63. The summed E-state index contributed by atoms with van der Waals surface area (Å²) in [4.78, 5) is 25.4. The highest BCUT2D eigenvalue weighted by Crippen LogP contribution is 2.60. The molecule has 0 atom stereocenters. The lowest BCUT2D eigenvalue weighted by Crippen LogP contribution is -2.56. The molecule has 0 aromatic carbocycles. The highest BCUT2D eigenvalue weighted by Gasteiger charge is 2.54. The summed E-state index contributed by atoms with van der Waals surface area (Å²) in [5.41, 5.74) is 4.89. The second-order valence-electron chi connectivity index (χ2n) is 8.49. The number of aryl methyl sites for hydroxylation is 1. The Balaban J connectivity index is 1.43. The van der Waals surface area contributed by atoms with Crippen LogP contribution < -0.4 is 15.6 Å². The van der Waals surface area contributed by atoms with Crippen molar-refractivity contribution in [1.29, 1.82) is 0 Å². The Morgan fingerprint density at radius 2 is 1.63 bits per heavy atom. The summed E-state index contributed by atoms with van der Waals surface area (Å²) < 4.78 is 27.4. The smallest absolute Gasteiger partial charge is 0.286 e. The van der Waals surface area contributed by atoms with Crippen molar-refractivity contribution in [1.82, 2.24) is 20.1 Å². The first kappa shape index (κ1) is 18.5. The average Bonchev–Trinajstić information content (AvgIpc) is 3.01. The number of aromatic nitrogens is 1. The molecule has 2 amide bonds. The number of nitrogens with one attached hydrogen (secondary N) is 3. The van der Waals surface area contributed by atoms with Crippen LogP contribution >= 0.6 is 0 Å². The van der Waals surface area contributed by atoms with Gasteiger partial charge in [0.15, 0.2) is 0 Å². The molecule has 4 aliphatic carbocycles. The van der Waals surface area contributed by atoms with Gasteiger partial charge in [-0.3, -0.25) is 20.4 Å². The van der Waals surface area contributed by atoms with Gasteiger partial charge in [0.1, 0.15) is 10.6 Å². The molecule has 1 heterocycles. The molecule has 0 aliphatic heterocycles. The lowest BCUT2D eigenvalue weighted by molar-refractivity contribution is -0.147. The fraction of sp³-hybridized carbons (Fsp3) is 0.667. The maximum atomic E-state index is 12.9. The molecule has 9 heteroatoms. The number of carbonyl (C=O) groups is 2. The van der Waals surface area contributed by atoms with Gasteiger partial charge in [-0.1, -0.05) is 0 Å². The van der Waals surface area contributed by atoms with Crippen molar-refractivity contribution < 1.29 is 18.0 Å². The fourth-order valence-corrected chi connectivity index (χ4v) is 6.52. The zero-order valence-electron chi connectivity index (χ0n) is 15.6. The van der Waals surface area contributed by atoms with Crippen LogP contribution in [0.5, 0.6) is 0 Å². The van der Waals surface area contributed by atoms with Gasteiger partial charge in [-0.15, -0.1) is 0 Å². The van der Waals surface area contributed by atoms with E-state index in [2.05, 4.69) is 15.6 Å². The monoisotopic (exact) mass is 394 g/mol. The van der Waals surface area contributed by atoms with Gasteiger partial charge < -0.3 is 4.57 Å². The summed E-state index contributed by atoms with van der Waals surface area (Å²) in [5, 5.41) is 0. The summed E-state index contributed by atoms with van der Waals surface area (Å²) in [6.45, 7) is 0. The molecule has 4 saturated carbocycles. The van der Waals surface area contributed by atoms with E-state index in [4.69, 9.17) is 0 Å². The van der Waals surface area contributed by atoms with E-state index in [9.17, 15) is 18.0 Å². The lowest BCUT2D eigenvalue weighted by Gasteiger charge is -2.55. The summed E-state index contributed by atoms with van der Waals surface area (Å²) in [5.74, 6) is 1.28. The first-order valence-electron chi connectivity index (χ1n) is 9.43. The van der Waals surface area contributed by atoms with Crippen LogP contribution in [0.1, 0.15) is 49.0 Å². The average molecular weight is 394 g/mol. The Kier molecular flexibility index (Phi) is 4.34. The van der Waals surface area contributed by atoms with Crippen LogP contribution in [-0.2, 0) is 21.9 Å². The van der Waals surface area contributed by atoms with Gasteiger partial charge in [0.05, 0.1) is 5.41 Å². The maximum absolute atomic E-state index is 12.9. The van der Waals surface area contributed by atoms with E-state index >= 15 is 0 Å². The molecule has 0 radical (unpaired) electrons. The van der Waals surface area contributed by atoms with Gasteiger partial charge in [-0.25, -0.2) is 13.1 Å². The molecule has 0 saturated heterocycles. The van der Waals surface area contributed by atoms with E-state index in [1.54, 1.807) is 7.05 Å². The standard InChI is InChI=1S/C18H26N4O4S/c1-19-27(25,26)14-6-15(22(2)10-14)16(23)20-21-17(24)18-7-11-3-12(8-18)5-13(4-11)9-18/h6,10-13,19H,3-5,7-9H2,1-2H3,(H,20,23)(H,21,24). The molecular weight excluding hydrogens is 368 g/mol. The molecule has 1 aromatic heterocycles. The third-order valence-electron chi connectivity index (χ3n) is 6.60. The third-order valence-corrected chi connectivity index (χ3v) is 7.98. The number of hydrazine groups is 1. The zero-order valence-corrected chi connectivity index (χ0v) is 16.4. The quantitative estimate of drug-likeness (QED) is 0.660. The minimum Gasteiger partial charge on any atom is -0.345 e. The van der Waals surface area contributed by atoms with Crippen molar-refractivity contribution in [3.63, 3.8) is 0 Å². The number of hydrogen-bond donors (Lipinski definition) is 3. The van der Waals surface area contributed by atoms with Crippen LogP contribution in [0.3, 0.4) is 0 Å². The van der Waals surface area contributed by atoms with Crippen molar-refractivity contribution in [3.8, 4) is 0 Å². The highest BCUT2D eigenvalue weighted by atomic mass is 32.2. The molecule has 0 unspecified atom stereocenters. The topological polar surface area (TPSA) is 109 Å². The fourth-order valence-electron chi connectivity index (χ4n) is 5.72. The van der Waals surface area contributed by atoms with Crippen molar-refractivity contribution in [2.75, 3.05) is 7.05 Å². The molecule has 148 valence electrons. The summed E-state index contributed by atoms with van der Waals surface area (Å²) in [6.07, 6.45) is 7.82. The molecule has 1 aromatic rings. The number of nitrogens with zero attached hydrogens (tertiary/aromatic N) is 1. The Hall–Kier alpha value is -1.87. The number of rotatable bonds is 4. The molecule has 4 aliphatic rings.